The minimum absolute atomic E-state index is 0.279. The van der Waals surface area contributed by atoms with Crippen molar-refractivity contribution in [3.63, 3.8) is 0 Å². The summed E-state index contributed by atoms with van der Waals surface area (Å²) in [6, 6.07) is -1.17. The summed E-state index contributed by atoms with van der Waals surface area (Å²) in [5.74, 6) is -0.342. The number of hydrogen-bond donors (Lipinski definition) is 4. The van der Waals surface area contributed by atoms with Gasteiger partial charge in [0.05, 0.1) is 25.3 Å². The molecule has 12 heavy (non-hydrogen) atoms. The Balaban J connectivity index is 3.81. The zero-order valence-electron chi connectivity index (χ0n) is 7.16. The molecule has 72 valence electrons. The highest BCUT2D eigenvalue weighted by Crippen LogP contribution is 1.88. The number of carbonyl (C=O) groups is 1. The molecule has 0 aliphatic rings. The molecule has 1 amide bonds. The predicted octanol–water partition coefficient (Wildman–Crippen LogP) is -1.81. The maximum Gasteiger partial charge on any atom is 0.237 e. The first-order valence-corrected chi connectivity index (χ1v) is 3.93. The first-order chi connectivity index (χ1) is 5.65. The Morgan fingerprint density at radius 3 is 2.33 bits per heavy atom. The van der Waals surface area contributed by atoms with Gasteiger partial charge >= 0.3 is 0 Å². The number of amides is 1. The molecule has 0 saturated heterocycles. The van der Waals surface area contributed by atoms with Crippen LogP contribution >= 0.6 is 0 Å². The van der Waals surface area contributed by atoms with E-state index in [0.29, 0.717) is 6.42 Å². The van der Waals surface area contributed by atoms with Crippen LogP contribution in [0.25, 0.3) is 0 Å². The van der Waals surface area contributed by atoms with E-state index in [1.54, 1.807) is 6.92 Å². The van der Waals surface area contributed by atoms with Crippen LogP contribution in [-0.2, 0) is 4.79 Å². The molecule has 0 aromatic rings. The third-order valence-corrected chi connectivity index (χ3v) is 1.56. The SMILES string of the molecule is CC[C@@H](N)C(=O)NC(CO)CO. The van der Waals surface area contributed by atoms with Crippen LogP contribution in [0.15, 0.2) is 0 Å². The van der Waals surface area contributed by atoms with Crippen LogP contribution in [0, 0.1) is 0 Å². The van der Waals surface area contributed by atoms with Crippen molar-refractivity contribution in [1.82, 2.24) is 5.32 Å². The Bertz CT molecular complexity index is 137. The highest BCUT2D eigenvalue weighted by molar-refractivity contribution is 5.81. The van der Waals surface area contributed by atoms with Crippen molar-refractivity contribution >= 4 is 5.91 Å². The smallest absolute Gasteiger partial charge is 0.237 e. The van der Waals surface area contributed by atoms with Crippen LogP contribution in [-0.4, -0.2) is 41.4 Å². The number of carbonyl (C=O) groups excluding carboxylic acids is 1. The molecule has 0 aromatic heterocycles. The van der Waals surface area contributed by atoms with Gasteiger partial charge in [-0.05, 0) is 6.42 Å². The van der Waals surface area contributed by atoms with Crippen molar-refractivity contribution in [2.75, 3.05) is 13.2 Å². The van der Waals surface area contributed by atoms with Crippen LogP contribution in [0.4, 0.5) is 0 Å². The lowest BCUT2D eigenvalue weighted by molar-refractivity contribution is -0.123. The minimum atomic E-state index is -0.602. The van der Waals surface area contributed by atoms with Gasteiger partial charge in [0.15, 0.2) is 0 Å². The Hall–Kier alpha value is -0.650. The summed E-state index contributed by atoms with van der Waals surface area (Å²) >= 11 is 0. The van der Waals surface area contributed by atoms with Gasteiger partial charge in [0, 0.05) is 0 Å². The van der Waals surface area contributed by atoms with E-state index in [1.165, 1.54) is 0 Å². The van der Waals surface area contributed by atoms with Gasteiger partial charge < -0.3 is 21.3 Å². The number of nitrogens with two attached hydrogens (primary N) is 1. The van der Waals surface area contributed by atoms with Gasteiger partial charge in [-0.3, -0.25) is 4.79 Å². The number of hydrogen-bond acceptors (Lipinski definition) is 4. The average molecular weight is 176 g/mol. The molecule has 0 fully saturated rings. The highest BCUT2D eigenvalue weighted by Gasteiger charge is 2.14. The molecule has 0 aliphatic carbocycles. The van der Waals surface area contributed by atoms with E-state index in [2.05, 4.69) is 5.32 Å². The largest absolute Gasteiger partial charge is 0.394 e. The number of nitrogens with one attached hydrogen (secondary N) is 1. The van der Waals surface area contributed by atoms with Gasteiger partial charge in [-0.25, -0.2) is 0 Å². The molecule has 0 heterocycles. The van der Waals surface area contributed by atoms with Crippen molar-refractivity contribution in [1.29, 1.82) is 0 Å². The summed E-state index contributed by atoms with van der Waals surface area (Å²) in [4.78, 5) is 11.0. The maximum atomic E-state index is 11.0. The minimum Gasteiger partial charge on any atom is -0.394 e. The third kappa shape index (κ3) is 3.66. The number of rotatable bonds is 5. The molecule has 0 saturated carbocycles. The summed E-state index contributed by atoms with van der Waals surface area (Å²) in [5, 5.41) is 19.6. The molecular weight excluding hydrogens is 160 g/mol. The van der Waals surface area contributed by atoms with Gasteiger partial charge in [0.2, 0.25) is 5.91 Å². The van der Waals surface area contributed by atoms with Gasteiger partial charge in [-0.2, -0.15) is 0 Å². The van der Waals surface area contributed by atoms with Gasteiger partial charge in [0.1, 0.15) is 0 Å². The first-order valence-electron chi connectivity index (χ1n) is 3.93. The summed E-state index contributed by atoms with van der Waals surface area (Å²) in [7, 11) is 0. The molecule has 0 radical (unpaired) electrons. The van der Waals surface area contributed by atoms with E-state index in [0.717, 1.165) is 0 Å². The van der Waals surface area contributed by atoms with E-state index in [9.17, 15) is 4.79 Å². The number of aliphatic hydroxyl groups excluding tert-OH is 2. The van der Waals surface area contributed by atoms with E-state index in [-0.39, 0.29) is 19.1 Å². The molecule has 0 rings (SSSR count). The molecule has 1 atom stereocenters. The third-order valence-electron chi connectivity index (χ3n) is 1.56. The molecule has 0 unspecified atom stereocenters. The molecule has 5 N–H and O–H groups in total. The fraction of sp³-hybridized carbons (Fsp3) is 0.857. The second-order valence-corrected chi connectivity index (χ2v) is 2.59. The van der Waals surface area contributed by atoms with Gasteiger partial charge in [-0.15, -0.1) is 0 Å². The Morgan fingerprint density at radius 1 is 1.50 bits per heavy atom. The van der Waals surface area contributed by atoms with E-state index in [4.69, 9.17) is 15.9 Å². The number of aliphatic hydroxyl groups is 2. The summed E-state index contributed by atoms with van der Waals surface area (Å²) < 4.78 is 0. The second-order valence-electron chi connectivity index (χ2n) is 2.59. The monoisotopic (exact) mass is 176 g/mol. The lowest BCUT2D eigenvalue weighted by Crippen LogP contribution is -2.47. The fourth-order valence-corrected chi connectivity index (χ4v) is 0.643. The Morgan fingerprint density at radius 2 is 2.00 bits per heavy atom. The Kier molecular flexibility index (Phi) is 5.61. The first kappa shape index (κ1) is 11.4. The van der Waals surface area contributed by atoms with Crippen molar-refractivity contribution in [3.8, 4) is 0 Å². The highest BCUT2D eigenvalue weighted by atomic mass is 16.3. The van der Waals surface area contributed by atoms with Crippen LogP contribution in [0.1, 0.15) is 13.3 Å². The maximum absolute atomic E-state index is 11.0. The molecule has 0 bridgehead atoms. The van der Waals surface area contributed by atoms with E-state index in [1.807, 2.05) is 0 Å². The molecule has 0 aliphatic heterocycles. The van der Waals surface area contributed by atoms with Crippen molar-refractivity contribution in [2.24, 2.45) is 5.73 Å². The van der Waals surface area contributed by atoms with Crippen molar-refractivity contribution in [2.45, 2.75) is 25.4 Å². The quantitative estimate of drug-likeness (QED) is 0.397. The second kappa shape index (κ2) is 5.93. The normalized spacial score (nSPS) is 13.1. The fourth-order valence-electron chi connectivity index (χ4n) is 0.643. The van der Waals surface area contributed by atoms with E-state index < -0.39 is 12.1 Å². The molecular formula is C7H16N2O3. The lowest BCUT2D eigenvalue weighted by Gasteiger charge is -2.15. The van der Waals surface area contributed by atoms with Crippen molar-refractivity contribution < 1.29 is 15.0 Å². The van der Waals surface area contributed by atoms with Crippen LogP contribution < -0.4 is 11.1 Å². The van der Waals surface area contributed by atoms with Crippen LogP contribution in [0.2, 0.25) is 0 Å². The zero-order valence-corrected chi connectivity index (χ0v) is 7.16. The lowest BCUT2D eigenvalue weighted by atomic mass is 10.2. The Labute approximate surface area is 71.6 Å². The summed E-state index contributed by atoms with van der Waals surface area (Å²) in [5.41, 5.74) is 5.40. The topological polar surface area (TPSA) is 95.6 Å². The van der Waals surface area contributed by atoms with Crippen LogP contribution in [0.3, 0.4) is 0 Å². The molecule has 0 spiro atoms. The van der Waals surface area contributed by atoms with E-state index >= 15 is 0 Å². The predicted molar refractivity (Wildman–Crippen MR) is 44.4 cm³/mol. The standard InChI is InChI=1S/C7H16N2O3/c1-2-6(8)7(12)9-5(3-10)4-11/h5-6,10-11H,2-4,8H2,1H3,(H,9,12)/t6-/m1/s1. The average Bonchev–Trinajstić information content (AvgIpc) is 2.12. The summed E-state index contributed by atoms with van der Waals surface area (Å²) in [6.45, 7) is 1.23. The zero-order chi connectivity index (χ0) is 9.56. The van der Waals surface area contributed by atoms with Crippen molar-refractivity contribution in [3.05, 3.63) is 0 Å². The van der Waals surface area contributed by atoms with Gasteiger partial charge in [0.25, 0.3) is 0 Å². The summed E-state index contributed by atoms with van der Waals surface area (Å²) in [6.07, 6.45) is 0.537. The van der Waals surface area contributed by atoms with Crippen LogP contribution in [0.5, 0.6) is 0 Å². The molecule has 0 aromatic carbocycles. The molecule has 5 nitrogen and oxygen atoms in total. The van der Waals surface area contributed by atoms with Gasteiger partial charge in [-0.1, -0.05) is 6.92 Å². The molecule has 5 heteroatoms.